The SMILES string of the molecule is CN(Cc1nnc(-c2ccccc2)o1)C(=O)CC1NC(=O)NC1=O. The van der Waals surface area contributed by atoms with Gasteiger partial charge in [0.05, 0.1) is 13.0 Å². The second-order valence-corrected chi connectivity index (χ2v) is 5.34. The highest BCUT2D eigenvalue weighted by molar-refractivity contribution is 6.05. The molecule has 0 saturated carbocycles. The normalized spacial score (nSPS) is 16.6. The van der Waals surface area contributed by atoms with Crippen LogP contribution >= 0.6 is 0 Å². The van der Waals surface area contributed by atoms with Gasteiger partial charge in [0.2, 0.25) is 17.7 Å². The van der Waals surface area contributed by atoms with E-state index in [1.54, 1.807) is 7.05 Å². The molecule has 9 nitrogen and oxygen atoms in total. The largest absolute Gasteiger partial charge is 0.419 e. The summed E-state index contributed by atoms with van der Waals surface area (Å²) in [7, 11) is 1.56. The van der Waals surface area contributed by atoms with E-state index in [9.17, 15) is 14.4 Å². The number of carbonyl (C=O) groups excluding carboxylic acids is 3. The molecule has 0 bridgehead atoms. The Morgan fingerprint density at radius 3 is 2.67 bits per heavy atom. The lowest BCUT2D eigenvalue weighted by Gasteiger charge is -2.16. The Kier molecular flexibility index (Phi) is 4.23. The second-order valence-electron chi connectivity index (χ2n) is 5.34. The first-order chi connectivity index (χ1) is 11.5. The molecule has 9 heteroatoms. The van der Waals surface area contributed by atoms with Crippen molar-refractivity contribution >= 4 is 17.8 Å². The molecule has 1 atom stereocenters. The van der Waals surface area contributed by atoms with Gasteiger partial charge in [0, 0.05) is 12.6 Å². The number of amides is 4. The van der Waals surface area contributed by atoms with Crippen LogP contribution in [0.2, 0.25) is 0 Å². The number of nitrogens with zero attached hydrogens (tertiary/aromatic N) is 3. The molecule has 1 unspecified atom stereocenters. The topological polar surface area (TPSA) is 117 Å². The van der Waals surface area contributed by atoms with Crippen molar-refractivity contribution in [3.05, 3.63) is 36.2 Å². The number of nitrogens with one attached hydrogen (secondary N) is 2. The average Bonchev–Trinajstić information content (AvgIpc) is 3.15. The summed E-state index contributed by atoms with van der Waals surface area (Å²) in [6.07, 6.45) is -0.131. The van der Waals surface area contributed by atoms with Gasteiger partial charge in [-0.25, -0.2) is 4.79 Å². The van der Waals surface area contributed by atoms with Crippen LogP contribution in [0.1, 0.15) is 12.3 Å². The molecular weight excluding hydrogens is 314 g/mol. The number of benzene rings is 1. The molecule has 2 aromatic rings. The first kappa shape index (κ1) is 15.7. The van der Waals surface area contributed by atoms with Gasteiger partial charge in [-0.2, -0.15) is 0 Å². The van der Waals surface area contributed by atoms with E-state index in [1.807, 2.05) is 30.3 Å². The molecule has 24 heavy (non-hydrogen) atoms. The van der Waals surface area contributed by atoms with Crippen molar-refractivity contribution in [3.63, 3.8) is 0 Å². The molecule has 2 N–H and O–H groups in total. The summed E-state index contributed by atoms with van der Waals surface area (Å²) < 4.78 is 5.53. The highest BCUT2D eigenvalue weighted by Crippen LogP contribution is 2.17. The van der Waals surface area contributed by atoms with E-state index in [0.717, 1.165) is 5.56 Å². The fraction of sp³-hybridized carbons (Fsp3) is 0.267. The molecule has 124 valence electrons. The van der Waals surface area contributed by atoms with Gasteiger partial charge < -0.3 is 14.6 Å². The number of imide groups is 1. The maximum Gasteiger partial charge on any atom is 0.322 e. The van der Waals surface area contributed by atoms with E-state index >= 15 is 0 Å². The standard InChI is InChI=1S/C15H15N5O4/c1-20(12(21)7-10-13(22)17-15(23)16-10)8-11-18-19-14(24-11)9-5-3-2-4-6-9/h2-6,10H,7-8H2,1H3,(H2,16,17,22,23). The van der Waals surface area contributed by atoms with Crippen LogP contribution in [0.4, 0.5) is 4.79 Å². The summed E-state index contributed by atoms with van der Waals surface area (Å²) in [5.41, 5.74) is 0.788. The van der Waals surface area contributed by atoms with Gasteiger partial charge in [0.25, 0.3) is 5.91 Å². The maximum absolute atomic E-state index is 12.1. The van der Waals surface area contributed by atoms with Crippen LogP contribution in [0.5, 0.6) is 0 Å². The second kappa shape index (κ2) is 6.49. The zero-order valence-electron chi connectivity index (χ0n) is 12.9. The van der Waals surface area contributed by atoms with Crippen LogP contribution in [-0.2, 0) is 16.1 Å². The third kappa shape index (κ3) is 3.40. The molecule has 0 spiro atoms. The fourth-order valence-corrected chi connectivity index (χ4v) is 2.24. The molecule has 1 aromatic carbocycles. The molecule has 1 fully saturated rings. The third-order valence-corrected chi connectivity index (χ3v) is 3.52. The van der Waals surface area contributed by atoms with E-state index < -0.39 is 18.0 Å². The maximum atomic E-state index is 12.1. The van der Waals surface area contributed by atoms with Gasteiger partial charge in [-0.1, -0.05) is 18.2 Å². The fourth-order valence-electron chi connectivity index (χ4n) is 2.24. The first-order valence-electron chi connectivity index (χ1n) is 7.26. The minimum absolute atomic E-state index is 0.112. The van der Waals surface area contributed by atoms with E-state index in [2.05, 4.69) is 20.8 Å². The molecule has 0 aliphatic carbocycles. The van der Waals surface area contributed by atoms with Crippen LogP contribution < -0.4 is 10.6 Å². The Morgan fingerprint density at radius 2 is 2.00 bits per heavy atom. The van der Waals surface area contributed by atoms with Crippen molar-refractivity contribution in [2.24, 2.45) is 0 Å². The van der Waals surface area contributed by atoms with Gasteiger partial charge in [-0.05, 0) is 12.1 Å². The number of urea groups is 1. The van der Waals surface area contributed by atoms with Crippen LogP contribution in [-0.4, -0.2) is 46.0 Å². The summed E-state index contributed by atoms with van der Waals surface area (Å²) in [5.74, 6) is -0.179. The molecular formula is C15H15N5O4. The van der Waals surface area contributed by atoms with Crippen LogP contribution in [0.15, 0.2) is 34.7 Å². The summed E-state index contributed by atoms with van der Waals surface area (Å²) in [4.78, 5) is 36.0. The van der Waals surface area contributed by atoms with E-state index in [-0.39, 0.29) is 24.8 Å². The summed E-state index contributed by atoms with van der Waals surface area (Å²) in [6.45, 7) is 0.112. The zero-order chi connectivity index (χ0) is 17.1. The van der Waals surface area contributed by atoms with Crippen molar-refractivity contribution in [1.82, 2.24) is 25.7 Å². The Morgan fingerprint density at radius 1 is 1.25 bits per heavy atom. The van der Waals surface area contributed by atoms with Crippen LogP contribution in [0.25, 0.3) is 11.5 Å². The van der Waals surface area contributed by atoms with Crippen LogP contribution in [0.3, 0.4) is 0 Å². The molecule has 3 rings (SSSR count). The molecule has 4 amide bonds. The lowest BCUT2D eigenvalue weighted by Crippen LogP contribution is -2.37. The van der Waals surface area contributed by atoms with Gasteiger partial charge in [-0.15, -0.1) is 10.2 Å². The molecule has 2 heterocycles. The Bertz CT molecular complexity index is 773. The van der Waals surface area contributed by atoms with Gasteiger partial charge in [-0.3, -0.25) is 14.9 Å². The van der Waals surface area contributed by atoms with Gasteiger partial charge in [0.1, 0.15) is 6.04 Å². The number of aromatic nitrogens is 2. The summed E-state index contributed by atoms with van der Waals surface area (Å²) >= 11 is 0. The minimum Gasteiger partial charge on any atom is -0.419 e. The highest BCUT2D eigenvalue weighted by atomic mass is 16.4. The highest BCUT2D eigenvalue weighted by Gasteiger charge is 2.32. The Balaban J connectivity index is 1.59. The predicted molar refractivity (Wildman–Crippen MR) is 81.3 cm³/mol. The molecule has 1 aliphatic rings. The van der Waals surface area contributed by atoms with E-state index in [0.29, 0.717) is 5.89 Å². The van der Waals surface area contributed by atoms with Gasteiger partial charge >= 0.3 is 6.03 Å². The average molecular weight is 329 g/mol. The Hall–Kier alpha value is -3.23. The van der Waals surface area contributed by atoms with Crippen molar-refractivity contribution < 1.29 is 18.8 Å². The molecule has 1 saturated heterocycles. The lowest BCUT2D eigenvalue weighted by atomic mass is 10.2. The molecule has 1 aromatic heterocycles. The van der Waals surface area contributed by atoms with Crippen LogP contribution in [0, 0.1) is 0 Å². The summed E-state index contributed by atoms with van der Waals surface area (Å²) in [6, 6.07) is 7.83. The predicted octanol–water partition coefficient (Wildman–Crippen LogP) is 0.293. The van der Waals surface area contributed by atoms with Crippen molar-refractivity contribution in [2.75, 3.05) is 7.05 Å². The lowest BCUT2D eigenvalue weighted by molar-refractivity contribution is -0.133. The smallest absolute Gasteiger partial charge is 0.322 e. The monoisotopic (exact) mass is 329 g/mol. The van der Waals surface area contributed by atoms with Crippen molar-refractivity contribution in [1.29, 1.82) is 0 Å². The molecule has 1 aliphatic heterocycles. The third-order valence-electron chi connectivity index (χ3n) is 3.52. The van der Waals surface area contributed by atoms with Crippen molar-refractivity contribution in [3.8, 4) is 11.5 Å². The minimum atomic E-state index is -0.852. The Labute approximate surface area is 137 Å². The molecule has 0 radical (unpaired) electrons. The van der Waals surface area contributed by atoms with E-state index in [4.69, 9.17) is 4.42 Å². The number of carbonyl (C=O) groups is 3. The zero-order valence-corrected chi connectivity index (χ0v) is 12.9. The number of hydrogen-bond donors (Lipinski definition) is 2. The quantitative estimate of drug-likeness (QED) is 0.762. The number of rotatable bonds is 5. The summed E-state index contributed by atoms with van der Waals surface area (Å²) in [5, 5.41) is 12.3. The van der Waals surface area contributed by atoms with Gasteiger partial charge in [0.15, 0.2) is 0 Å². The van der Waals surface area contributed by atoms with Crippen molar-refractivity contribution in [2.45, 2.75) is 19.0 Å². The number of hydrogen-bond acceptors (Lipinski definition) is 6. The first-order valence-corrected chi connectivity index (χ1v) is 7.26. The van der Waals surface area contributed by atoms with E-state index in [1.165, 1.54) is 4.90 Å².